The molecule has 3 aliphatic heterocycles. The molecule has 2 saturated heterocycles. The first-order valence-electron chi connectivity index (χ1n) is 10.8. The van der Waals surface area contributed by atoms with Gasteiger partial charge in [-0.15, -0.1) is 13.2 Å². The lowest BCUT2D eigenvalue weighted by molar-refractivity contribution is -0.274. The number of hydrogen-bond acceptors (Lipinski definition) is 5. The van der Waals surface area contributed by atoms with Gasteiger partial charge in [0.1, 0.15) is 11.4 Å². The highest BCUT2D eigenvalue weighted by Gasteiger charge is 2.67. The predicted octanol–water partition coefficient (Wildman–Crippen LogP) is 3.47. The topological polar surface area (TPSA) is 97.0 Å². The van der Waals surface area contributed by atoms with E-state index in [4.69, 9.17) is 4.74 Å². The molecule has 35 heavy (non-hydrogen) atoms. The van der Waals surface area contributed by atoms with Crippen molar-refractivity contribution in [3.63, 3.8) is 0 Å². The lowest BCUT2D eigenvalue weighted by atomic mass is 9.77. The van der Waals surface area contributed by atoms with Crippen LogP contribution in [0.2, 0.25) is 0 Å². The van der Waals surface area contributed by atoms with E-state index < -0.39 is 41.6 Å². The Morgan fingerprint density at radius 1 is 1.06 bits per heavy atom. The lowest BCUT2D eigenvalue weighted by Crippen LogP contribution is -2.41. The molecular formula is C24H20F3N3O5. The third kappa shape index (κ3) is 4.23. The molecule has 0 aromatic heterocycles. The molecule has 0 saturated carbocycles. The van der Waals surface area contributed by atoms with Crippen LogP contribution in [0.3, 0.4) is 0 Å². The minimum atomic E-state index is -4.81. The maximum absolute atomic E-state index is 13.4. The average Bonchev–Trinajstić information content (AvgIpc) is 3.42. The van der Waals surface area contributed by atoms with E-state index in [9.17, 15) is 27.6 Å². The van der Waals surface area contributed by atoms with Crippen LogP contribution in [0.4, 0.5) is 30.2 Å². The van der Waals surface area contributed by atoms with Gasteiger partial charge in [-0.2, -0.15) is 0 Å². The summed E-state index contributed by atoms with van der Waals surface area (Å²) in [7, 11) is 0. The van der Waals surface area contributed by atoms with Gasteiger partial charge in [0.25, 0.3) is 0 Å². The van der Waals surface area contributed by atoms with Crippen LogP contribution < -0.4 is 20.3 Å². The molecule has 1 spiro atoms. The number of fused-ring (bicyclic) bond motifs is 1. The Morgan fingerprint density at radius 2 is 1.69 bits per heavy atom. The van der Waals surface area contributed by atoms with E-state index in [1.165, 1.54) is 19.1 Å². The molecule has 4 atom stereocenters. The van der Waals surface area contributed by atoms with Crippen LogP contribution >= 0.6 is 0 Å². The molecule has 3 unspecified atom stereocenters. The second-order valence-electron chi connectivity index (χ2n) is 8.61. The number of anilines is 3. The molecule has 5 rings (SSSR count). The molecule has 2 aromatic rings. The fraction of sp³-hybridized carbons (Fsp3) is 0.292. The highest BCUT2D eigenvalue weighted by molar-refractivity contribution is 6.05. The number of nitrogens with one attached hydrogen (secondary N) is 2. The number of alkyl halides is 3. The maximum Gasteiger partial charge on any atom is 0.573 e. The van der Waals surface area contributed by atoms with E-state index in [0.29, 0.717) is 11.4 Å². The maximum atomic E-state index is 13.4. The number of amides is 3. The quantitative estimate of drug-likeness (QED) is 0.630. The number of halogens is 3. The molecule has 2 N–H and O–H groups in total. The monoisotopic (exact) mass is 487 g/mol. The molecule has 0 aliphatic carbocycles. The Bertz CT molecular complexity index is 1210. The standard InChI is InChI=1S/C24H20F3N3O5/c1-13(31)28-14-2-6-16(7-3-14)30-12-23-11-10-18(35-23)19(20(23)22(30)33)21(32)29-15-4-8-17(9-5-15)34-24(25,26)27/h2-11,18-20H,12H2,1H3,(H,28,31)(H,29,32)/t18?,19?,20?,23-/m1/s1. The molecule has 2 fully saturated rings. The second-order valence-corrected chi connectivity index (χ2v) is 8.61. The SMILES string of the molecule is CC(=O)Nc1ccc(N2C[C@@]34C=CC(O3)C(C(=O)Nc3ccc(OC(F)(F)F)cc3)C4C2=O)cc1. The van der Waals surface area contributed by atoms with Crippen LogP contribution in [0, 0.1) is 11.8 Å². The van der Waals surface area contributed by atoms with Crippen molar-refractivity contribution in [2.75, 3.05) is 22.1 Å². The number of carbonyl (C=O) groups excluding carboxylic acids is 3. The summed E-state index contributed by atoms with van der Waals surface area (Å²) in [6.07, 6.45) is -1.82. The van der Waals surface area contributed by atoms with Gasteiger partial charge in [-0.1, -0.05) is 12.2 Å². The number of benzene rings is 2. The van der Waals surface area contributed by atoms with E-state index in [1.54, 1.807) is 35.2 Å². The molecule has 182 valence electrons. The predicted molar refractivity (Wildman–Crippen MR) is 119 cm³/mol. The molecule has 2 bridgehead atoms. The molecule has 0 radical (unpaired) electrons. The summed E-state index contributed by atoms with van der Waals surface area (Å²) in [5, 5.41) is 5.33. The van der Waals surface area contributed by atoms with E-state index in [0.717, 1.165) is 12.1 Å². The summed E-state index contributed by atoms with van der Waals surface area (Å²) in [6.45, 7) is 1.63. The van der Waals surface area contributed by atoms with Gasteiger partial charge < -0.3 is 25.0 Å². The second kappa shape index (κ2) is 8.12. The summed E-state index contributed by atoms with van der Waals surface area (Å²) in [6, 6.07) is 11.5. The third-order valence-electron chi connectivity index (χ3n) is 6.26. The van der Waals surface area contributed by atoms with Crippen LogP contribution in [-0.2, 0) is 19.1 Å². The Balaban J connectivity index is 1.32. The number of ether oxygens (including phenoxy) is 2. The third-order valence-corrected chi connectivity index (χ3v) is 6.26. The van der Waals surface area contributed by atoms with Crippen molar-refractivity contribution in [2.45, 2.75) is 25.0 Å². The van der Waals surface area contributed by atoms with Gasteiger partial charge in [0, 0.05) is 24.0 Å². The summed E-state index contributed by atoms with van der Waals surface area (Å²) in [5.74, 6) is -2.91. The fourth-order valence-corrected chi connectivity index (χ4v) is 4.91. The number of carbonyl (C=O) groups is 3. The normalized spacial score (nSPS) is 26.6. The molecule has 2 aromatic carbocycles. The van der Waals surface area contributed by atoms with Crippen molar-refractivity contribution < 1.29 is 37.0 Å². The zero-order valence-corrected chi connectivity index (χ0v) is 18.3. The Labute approximate surface area is 197 Å². The van der Waals surface area contributed by atoms with Crippen LogP contribution in [-0.4, -0.2) is 42.3 Å². The van der Waals surface area contributed by atoms with Crippen molar-refractivity contribution >= 4 is 34.8 Å². The van der Waals surface area contributed by atoms with E-state index in [-0.39, 0.29) is 24.0 Å². The minimum absolute atomic E-state index is 0.213. The van der Waals surface area contributed by atoms with Crippen molar-refractivity contribution in [2.24, 2.45) is 11.8 Å². The Hall–Kier alpha value is -3.86. The summed E-state index contributed by atoms with van der Waals surface area (Å²) >= 11 is 0. The van der Waals surface area contributed by atoms with Crippen molar-refractivity contribution in [1.82, 2.24) is 0 Å². The Kier molecular flexibility index (Phi) is 5.32. The first-order valence-corrected chi connectivity index (χ1v) is 10.8. The highest BCUT2D eigenvalue weighted by atomic mass is 19.4. The highest BCUT2D eigenvalue weighted by Crippen LogP contribution is 2.52. The van der Waals surface area contributed by atoms with Crippen molar-refractivity contribution in [3.05, 3.63) is 60.7 Å². The Morgan fingerprint density at radius 3 is 2.31 bits per heavy atom. The van der Waals surface area contributed by atoms with Crippen LogP contribution in [0.25, 0.3) is 0 Å². The smallest absolute Gasteiger partial charge is 0.406 e. The van der Waals surface area contributed by atoms with E-state index in [2.05, 4.69) is 15.4 Å². The number of hydrogen-bond donors (Lipinski definition) is 2. The zero-order valence-electron chi connectivity index (χ0n) is 18.3. The molecule has 11 heteroatoms. The van der Waals surface area contributed by atoms with Gasteiger partial charge in [-0.05, 0) is 48.5 Å². The first kappa shape index (κ1) is 22.9. The molecule has 8 nitrogen and oxygen atoms in total. The molecule has 3 heterocycles. The van der Waals surface area contributed by atoms with Gasteiger partial charge in [0.2, 0.25) is 17.7 Å². The number of rotatable bonds is 5. The first-order chi connectivity index (χ1) is 16.5. The fourth-order valence-electron chi connectivity index (χ4n) is 4.91. The van der Waals surface area contributed by atoms with Crippen LogP contribution in [0.15, 0.2) is 60.7 Å². The van der Waals surface area contributed by atoms with Crippen molar-refractivity contribution in [3.8, 4) is 5.75 Å². The van der Waals surface area contributed by atoms with Crippen LogP contribution in [0.1, 0.15) is 6.92 Å². The van der Waals surface area contributed by atoms with Gasteiger partial charge >= 0.3 is 6.36 Å². The summed E-state index contributed by atoms with van der Waals surface area (Å²) in [5.41, 5.74) is 0.519. The van der Waals surface area contributed by atoms with Gasteiger partial charge in [0.15, 0.2) is 0 Å². The van der Waals surface area contributed by atoms with Crippen LogP contribution in [0.5, 0.6) is 5.75 Å². The largest absolute Gasteiger partial charge is 0.573 e. The summed E-state index contributed by atoms with van der Waals surface area (Å²) in [4.78, 5) is 39.4. The minimum Gasteiger partial charge on any atom is -0.406 e. The zero-order chi connectivity index (χ0) is 25.0. The molecular weight excluding hydrogens is 467 g/mol. The lowest BCUT2D eigenvalue weighted by Gasteiger charge is -2.23. The average molecular weight is 487 g/mol. The van der Waals surface area contributed by atoms with Gasteiger partial charge in [-0.25, -0.2) is 0 Å². The molecule has 3 aliphatic rings. The summed E-state index contributed by atoms with van der Waals surface area (Å²) < 4.78 is 47.0. The molecule has 3 amide bonds. The van der Waals surface area contributed by atoms with E-state index in [1.807, 2.05) is 6.08 Å². The van der Waals surface area contributed by atoms with E-state index >= 15 is 0 Å². The van der Waals surface area contributed by atoms with Gasteiger partial charge in [-0.3, -0.25) is 14.4 Å². The number of nitrogens with zero attached hydrogens (tertiary/aromatic N) is 1. The van der Waals surface area contributed by atoms with Crippen molar-refractivity contribution in [1.29, 1.82) is 0 Å². The van der Waals surface area contributed by atoms with Gasteiger partial charge in [0.05, 0.1) is 24.5 Å².